The van der Waals surface area contributed by atoms with Gasteiger partial charge in [-0.3, -0.25) is 4.99 Å². The van der Waals surface area contributed by atoms with E-state index in [0.717, 1.165) is 23.2 Å². The zero-order chi connectivity index (χ0) is 26.6. The maximum absolute atomic E-state index is 6.10. The van der Waals surface area contributed by atoms with Crippen molar-refractivity contribution in [2.75, 3.05) is 11.9 Å². The van der Waals surface area contributed by atoms with Crippen LogP contribution in [0.4, 0.5) is 11.4 Å². The number of nitrogens with zero attached hydrogens (tertiary/aromatic N) is 1. The number of allylic oxidation sites excluding steroid dienone is 2. The van der Waals surface area contributed by atoms with Gasteiger partial charge in [0.2, 0.25) is 0 Å². The summed E-state index contributed by atoms with van der Waals surface area (Å²) >= 11 is 6.10. The van der Waals surface area contributed by atoms with Gasteiger partial charge >= 0.3 is 0 Å². The predicted octanol–water partition coefficient (Wildman–Crippen LogP) is 8.89. The van der Waals surface area contributed by atoms with Gasteiger partial charge in [0.15, 0.2) is 11.5 Å². The van der Waals surface area contributed by atoms with Crippen molar-refractivity contribution in [2.45, 2.75) is 31.9 Å². The lowest BCUT2D eigenvalue weighted by atomic mass is 9.77. The van der Waals surface area contributed by atoms with Crippen LogP contribution >= 0.6 is 11.6 Å². The Morgan fingerprint density at radius 1 is 0.923 bits per heavy atom. The van der Waals surface area contributed by atoms with Crippen molar-refractivity contribution in [3.8, 4) is 11.5 Å². The summed E-state index contributed by atoms with van der Waals surface area (Å²) < 4.78 is 11.9. The van der Waals surface area contributed by atoms with Crippen LogP contribution in [0.25, 0.3) is 0 Å². The Morgan fingerprint density at radius 2 is 1.79 bits per heavy atom. The molecule has 1 aliphatic carbocycles. The zero-order valence-corrected chi connectivity index (χ0v) is 22.6. The second kappa shape index (κ2) is 11.4. The van der Waals surface area contributed by atoms with Crippen LogP contribution in [0, 0.1) is 5.92 Å². The number of fused-ring (bicyclic) bond motifs is 3. The van der Waals surface area contributed by atoms with Crippen LogP contribution < -0.4 is 14.8 Å². The highest BCUT2D eigenvalue weighted by atomic mass is 35.5. The van der Waals surface area contributed by atoms with Gasteiger partial charge in [-0.05, 0) is 90.0 Å². The van der Waals surface area contributed by atoms with E-state index in [0.29, 0.717) is 41.6 Å². The number of halogens is 1. The molecule has 4 aromatic rings. The summed E-state index contributed by atoms with van der Waals surface area (Å²) in [6.45, 7) is 2.93. The molecule has 5 heteroatoms. The van der Waals surface area contributed by atoms with Gasteiger partial charge in [0, 0.05) is 22.8 Å². The van der Waals surface area contributed by atoms with E-state index < -0.39 is 0 Å². The molecule has 1 aliphatic heterocycles. The fourth-order valence-electron chi connectivity index (χ4n) is 5.57. The first-order valence-corrected chi connectivity index (χ1v) is 13.9. The quantitative estimate of drug-likeness (QED) is 0.181. The molecular formula is C34H31ClN2O2. The molecule has 39 heavy (non-hydrogen) atoms. The number of rotatable bonds is 8. The number of ether oxygens (including phenoxy) is 2. The molecule has 0 saturated carbocycles. The first kappa shape index (κ1) is 25.3. The van der Waals surface area contributed by atoms with Gasteiger partial charge in [-0.2, -0.15) is 0 Å². The van der Waals surface area contributed by atoms with Crippen LogP contribution in [-0.2, 0) is 6.61 Å². The Labute approximate surface area is 235 Å². The minimum Gasteiger partial charge on any atom is -0.490 e. The van der Waals surface area contributed by atoms with E-state index in [1.165, 1.54) is 16.8 Å². The highest BCUT2D eigenvalue weighted by molar-refractivity contribution is 6.30. The third-order valence-electron chi connectivity index (χ3n) is 7.44. The summed E-state index contributed by atoms with van der Waals surface area (Å²) in [5.41, 5.74) is 6.80. The normalized spacial score (nSPS) is 19.4. The number of aliphatic imine (C=N–C) groups is 1. The molecule has 0 radical (unpaired) electrons. The Balaban J connectivity index is 1.15. The molecular weight excluding hydrogens is 504 g/mol. The van der Waals surface area contributed by atoms with Crippen LogP contribution in [-0.4, -0.2) is 12.8 Å². The monoisotopic (exact) mass is 534 g/mol. The zero-order valence-electron chi connectivity index (χ0n) is 21.9. The largest absolute Gasteiger partial charge is 0.490 e. The lowest BCUT2D eigenvalue weighted by molar-refractivity contribution is 0.269. The molecule has 0 aromatic heterocycles. The molecule has 196 valence electrons. The van der Waals surface area contributed by atoms with Gasteiger partial charge in [-0.1, -0.05) is 66.2 Å². The third-order valence-corrected chi connectivity index (χ3v) is 7.67. The highest BCUT2D eigenvalue weighted by Gasteiger charge is 2.37. The summed E-state index contributed by atoms with van der Waals surface area (Å²) in [6, 6.07) is 31.1. The molecule has 0 spiro atoms. The number of benzene rings is 4. The molecule has 2 aliphatic rings. The lowest BCUT2D eigenvalue weighted by Crippen LogP contribution is -2.28. The second-order valence-corrected chi connectivity index (χ2v) is 10.4. The van der Waals surface area contributed by atoms with Crippen LogP contribution in [0.5, 0.6) is 11.5 Å². The summed E-state index contributed by atoms with van der Waals surface area (Å²) in [7, 11) is 0. The second-order valence-electron chi connectivity index (χ2n) is 9.97. The van der Waals surface area contributed by atoms with Crippen molar-refractivity contribution >= 4 is 29.2 Å². The molecule has 1 N–H and O–H groups in total. The molecule has 4 aromatic carbocycles. The molecule has 0 fully saturated rings. The number of nitrogens with one attached hydrogen (secondary N) is 1. The average Bonchev–Trinajstić information content (AvgIpc) is 3.46. The standard InChI is InChI=1S/C34H31ClN2O2/c1-2-38-33-20-23(13-18-32(33)39-22-24-7-5-8-26(35)19-24)21-36-27-16-14-25(15-17-27)34-30-11-6-10-28(30)29-9-3-4-12-31(29)37-34/h3-10,12-21,28,30,34,37H,2,11,22H2,1H3/t28-,30-,34+/m1/s1. The smallest absolute Gasteiger partial charge is 0.161 e. The van der Waals surface area contributed by atoms with Crippen molar-refractivity contribution in [1.29, 1.82) is 0 Å². The maximum Gasteiger partial charge on any atom is 0.161 e. The van der Waals surface area contributed by atoms with Gasteiger partial charge < -0.3 is 14.8 Å². The third kappa shape index (κ3) is 5.57. The number of anilines is 1. The molecule has 3 atom stereocenters. The summed E-state index contributed by atoms with van der Waals surface area (Å²) in [4.78, 5) is 4.73. The van der Waals surface area contributed by atoms with Crippen LogP contribution in [0.3, 0.4) is 0 Å². The fraction of sp³-hybridized carbons (Fsp3) is 0.206. The summed E-state index contributed by atoms with van der Waals surface area (Å²) in [5.74, 6) is 2.40. The number of hydrogen-bond donors (Lipinski definition) is 1. The number of para-hydroxylation sites is 1. The van der Waals surface area contributed by atoms with E-state index in [2.05, 4.69) is 66.0 Å². The first-order valence-electron chi connectivity index (χ1n) is 13.5. The molecule has 0 amide bonds. The molecule has 4 nitrogen and oxygen atoms in total. The Morgan fingerprint density at radius 3 is 2.64 bits per heavy atom. The average molecular weight is 535 g/mol. The van der Waals surface area contributed by atoms with E-state index in [4.69, 9.17) is 26.1 Å². The number of hydrogen-bond acceptors (Lipinski definition) is 4. The topological polar surface area (TPSA) is 42.8 Å². The van der Waals surface area contributed by atoms with E-state index in [9.17, 15) is 0 Å². The van der Waals surface area contributed by atoms with E-state index in [1.54, 1.807) is 0 Å². The van der Waals surface area contributed by atoms with E-state index in [1.807, 2.05) is 55.6 Å². The van der Waals surface area contributed by atoms with Crippen LogP contribution in [0.15, 0.2) is 108 Å². The summed E-state index contributed by atoms with van der Waals surface area (Å²) in [6.07, 6.45) is 7.66. The molecule has 0 unspecified atom stereocenters. The van der Waals surface area contributed by atoms with Crippen molar-refractivity contribution in [3.63, 3.8) is 0 Å². The molecule has 1 heterocycles. The van der Waals surface area contributed by atoms with Crippen molar-refractivity contribution in [1.82, 2.24) is 0 Å². The van der Waals surface area contributed by atoms with Crippen LogP contribution in [0.2, 0.25) is 5.02 Å². The van der Waals surface area contributed by atoms with Gasteiger partial charge in [-0.25, -0.2) is 0 Å². The van der Waals surface area contributed by atoms with E-state index in [-0.39, 0.29) is 6.04 Å². The van der Waals surface area contributed by atoms with Gasteiger partial charge in [0.05, 0.1) is 18.3 Å². The van der Waals surface area contributed by atoms with Gasteiger partial charge in [0.25, 0.3) is 0 Å². The van der Waals surface area contributed by atoms with E-state index >= 15 is 0 Å². The SMILES string of the molecule is CCOc1cc(C=Nc2ccc([C@@H]3Nc4ccccc4[C@H]4C=CC[C@H]43)cc2)ccc1OCc1cccc(Cl)c1. The van der Waals surface area contributed by atoms with Crippen molar-refractivity contribution < 1.29 is 9.47 Å². The Kier molecular flexibility index (Phi) is 7.38. The Hall–Kier alpha value is -4.02. The summed E-state index contributed by atoms with van der Waals surface area (Å²) in [5, 5.41) is 4.49. The molecule has 6 rings (SSSR count). The van der Waals surface area contributed by atoms with Crippen molar-refractivity contribution in [3.05, 3.63) is 130 Å². The Bertz CT molecular complexity index is 1510. The minimum absolute atomic E-state index is 0.283. The molecule has 0 saturated heterocycles. The molecule has 0 bridgehead atoms. The fourth-order valence-corrected chi connectivity index (χ4v) is 5.78. The van der Waals surface area contributed by atoms with Crippen LogP contribution in [0.1, 0.15) is 47.6 Å². The predicted molar refractivity (Wildman–Crippen MR) is 160 cm³/mol. The lowest BCUT2D eigenvalue weighted by Gasteiger charge is -2.37. The van der Waals surface area contributed by atoms with Gasteiger partial charge in [-0.15, -0.1) is 0 Å². The van der Waals surface area contributed by atoms with Gasteiger partial charge in [0.1, 0.15) is 6.61 Å². The van der Waals surface area contributed by atoms with Crippen molar-refractivity contribution in [2.24, 2.45) is 10.9 Å². The maximum atomic E-state index is 6.10. The first-order chi connectivity index (χ1) is 19.2. The highest BCUT2D eigenvalue weighted by Crippen LogP contribution is 2.49. The minimum atomic E-state index is 0.283.